The van der Waals surface area contributed by atoms with E-state index in [1.165, 1.54) is 44.4 Å². The molecule has 0 fully saturated rings. The zero-order valence-electron chi connectivity index (χ0n) is 17.7. The molecule has 10 nitrogen and oxygen atoms in total. The molecule has 0 aliphatic carbocycles. The Kier molecular flexibility index (Phi) is 7.01. The first kappa shape index (κ1) is 23.1. The molecule has 2 aromatic carbocycles. The van der Waals surface area contributed by atoms with Crippen molar-refractivity contribution in [3.63, 3.8) is 0 Å². The molecule has 0 aromatic heterocycles. The highest BCUT2D eigenvalue weighted by Gasteiger charge is 2.32. The first-order valence-corrected chi connectivity index (χ1v) is 10.8. The highest BCUT2D eigenvalue weighted by atomic mass is 32.2. The predicted molar refractivity (Wildman–Crippen MR) is 115 cm³/mol. The van der Waals surface area contributed by atoms with E-state index in [0.29, 0.717) is 17.1 Å². The fraction of sp³-hybridized carbons (Fsp3) is 0.238. The van der Waals surface area contributed by atoms with Gasteiger partial charge < -0.3 is 23.8 Å². The number of esters is 2. The molecule has 0 bridgehead atoms. The summed E-state index contributed by atoms with van der Waals surface area (Å²) < 4.78 is 48.4. The van der Waals surface area contributed by atoms with Crippen molar-refractivity contribution in [3.05, 3.63) is 59.8 Å². The third kappa shape index (κ3) is 4.84. The van der Waals surface area contributed by atoms with Crippen molar-refractivity contribution in [2.45, 2.75) is 4.90 Å². The molecule has 1 heterocycles. The Labute approximate surface area is 185 Å². The van der Waals surface area contributed by atoms with E-state index in [-0.39, 0.29) is 29.5 Å². The Balaban J connectivity index is 1.97. The second-order valence-corrected chi connectivity index (χ2v) is 8.23. The smallest absolute Gasteiger partial charge is 0.355 e. The van der Waals surface area contributed by atoms with E-state index in [4.69, 9.17) is 18.9 Å². The van der Waals surface area contributed by atoms with Crippen LogP contribution in [0.1, 0.15) is 0 Å². The van der Waals surface area contributed by atoms with Crippen LogP contribution in [0, 0.1) is 0 Å². The maximum atomic E-state index is 12.9. The van der Waals surface area contributed by atoms with Gasteiger partial charge >= 0.3 is 11.9 Å². The third-order valence-corrected chi connectivity index (χ3v) is 5.99. The highest BCUT2D eigenvalue weighted by molar-refractivity contribution is 7.92. The average molecular weight is 462 g/mol. The van der Waals surface area contributed by atoms with Gasteiger partial charge in [0.2, 0.25) is 0 Å². The second kappa shape index (κ2) is 9.71. The number of nitrogens with one attached hydrogen (secondary N) is 1. The number of hydrogen-bond donors (Lipinski definition) is 1. The number of rotatable bonds is 7. The Bertz CT molecular complexity index is 1140. The molecular formula is C21H22N2O8S. The summed E-state index contributed by atoms with van der Waals surface area (Å²) in [5.41, 5.74) is 0.545. The number of carbonyl (C=O) groups is 2. The largest absolute Gasteiger partial charge is 0.497 e. The van der Waals surface area contributed by atoms with E-state index in [9.17, 15) is 18.0 Å². The van der Waals surface area contributed by atoms with Crippen LogP contribution in [0.5, 0.6) is 5.75 Å². The zero-order chi connectivity index (χ0) is 23.3. The molecule has 1 N–H and O–H groups in total. The molecule has 2 aromatic rings. The first-order valence-electron chi connectivity index (χ1n) is 9.32. The summed E-state index contributed by atoms with van der Waals surface area (Å²) in [6.45, 7) is -0.245. The van der Waals surface area contributed by atoms with E-state index < -0.39 is 22.0 Å². The van der Waals surface area contributed by atoms with E-state index >= 15 is 0 Å². The molecule has 0 saturated heterocycles. The molecular weight excluding hydrogens is 440 g/mol. The van der Waals surface area contributed by atoms with Crippen molar-refractivity contribution in [2.24, 2.45) is 0 Å². The molecule has 1 aliphatic rings. The molecule has 11 heteroatoms. The van der Waals surface area contributed by atoms with Gasteiger partial charge in [-0.05, 0) is 42.5 Å². The van der Waals surface area contributed by atoms with Gasteiger partial charge in [0.15, 0.2) is 0 Å². The topological polar surface area (TPSA) is 120 Å². The van der Waals surface area contributed by atoms with Gasteiger partial charge in [-0.3, -0.25) is 4.72 Å². The quantitative estimate of drug-likeness (QED) is 0.615. The number of carbonyl (C=O) groups excluding carboxylic acids is 2. The van der Waals surface area contributed by atoms with E-state index in [1.54, 1.807) is 30.3 Å². The van der Waals surface area contributed by atoms with Gasteiger partial charge in [0.05, 0.1) is 38.4 Å². The maximum absolute atomic E-state index is 12.9. The zero-order valence-corrected chi connectivity index (χ0v) is 18.5. The molecule has 1 aliphatic heterocycles. The lowest BCUT2D eigenvalue weighted by Crippen LogP contribution is -2.38. The second-order valence-electron chi connectivity index (χ2n) is 6.55. The van der Waals surface area contributed by atoms with Crippen LogP contribution in [0.3, 0.4) is 0 Å². The number of ether oxygens (including phenoxy) is 4. The van der Waals surface area contributed by atoms with Gasteiger partial charge in [0.1, 0.15) is 18.2 Å². The molecule has 0 amide bonds. The highest BCUT2D eigenvalue weighted by Crippen LogP contribution is 2.29. The Hall–Kier alpha value is -3.57. The summed E-state index contributed by atoms with van der Waals surface area (Å²) >= 11 is 0. The molecule has 0 radical (unpaired) electrons. The molecule has 0 saturated carbocycles. The fourth-order valence-corrected chi connectivity index (χ4v) is 4.14. The van der Waals surface area contributed by atoms with Crippen LogP contribution in [-0.4, -0.2) is 55.0 Å². The van der Waals surface area contributed by atoms with Crippen LogP contribution in [-0.2, 0) is 33.8 Å². The lowest BCUT2D eigenvalue weighted by molar-refractivity contribution is -0.140. The number of hydrogen-bond acceptors (Lipinski definition) is 9. The summed E-state index contributed by atoms with van der Waals surface area (Å²) in [4.78, 5) is 25.9. The Morgan fingerprint density at radius 2 is 1.69 bits per heavy atom. The van der Waals surface area contributed by atoms with Gasteiger partial charge in [-0.25, -0.2) is 18.0 Å². The van der Waals surface area contributed by atoms with Crippen LogP contribution in [0.2, 0.25) is 0 Å². The van der Waals surface area contributed by atoms with E-state index in [0.717, 1.165) is 0 Å². The van der Waals surface area contributed by atoms with Gasteiger partial charge in [0, 0.05) is 11.4 Å². The molecule has 170 valence electrons. The number of nitrogens with zero attached hydrogens (tertiary/aromatic N) is 1. The normalized spacial score (nSPS) is 14.0. The number of methoxy groups -OCH3 is 3. The van der Waals surface area contributed by atoms with Crippen LogP contribution < -0.4 is 14.4 Å². The Morgan fingerprint density at radius 3 is 2.31 bits per heavy atom. The minimum atomic E-state index is -3.95. The predicted octanol–water partition coefficient (Wildman–Crippen LogP) is 1.89. The Morgan fingerprint density at radius 1 is 1.00 bits per heavy atom. The third-order valence-electron chi connectivity index (χ3n) is 4.61. The summed E-state index contributed by atoms with van der Waals surface area (Å²) in [7, 11) is -0.0826. The number of benzene rings is 2. The number of anilines is 2. The van der Waals surface area contributed by atoms with Crippen molar-refractivity contribution in [3.8, 4) is 5.75 Å². The first-order chi connectivity index (χ1) is 15.3. The summed E-state index contributed by atoms with van der Waals surface area (Å²) in [6, 6.07) is 12.3. The molecule has 0 spiro atoms. The maximum Gasteiger partial charge on any atom is 0.355 e. The van der Waals surface area contributed by atoms with Crippen LogP contribution in [0.25, 0.3) is 0 Å². The van der Waals surface area contributed by atoms with Gasteiger partial charge in [0.25, 0.3) is 10.0 Å². The number of sulfonamides is 1. The van der Waals surface area contributed by atoms with E-state index in [1.807, 2.05) is 0 Å². The lowest BCUT2D eigenvalue weighted by Gasteiger charge is -2.31. The van der Waals surface area contributed by atoms with Crippen LogP contribution >= 0.6 is 0 Å². The summed E-state index contributed by atoms with van der Waals surface area (Å²) in [5, 5.41) is 0. The van der Waals surface area contributed by atoms with Crippen LogP contribution in [0.4, 0.5) is 11.4 Å². The van der Waals surface area contributed by atoms with Crippen molar-refractivity contribution in [2.75, 3.05) is 44.3 Å². The molecule has 32 heavy (non-hydrogen) atoms. The average Bonchev–Trinajstić information content (AvgIpc) is 2.82. The van der Waals surface area contributed by atoms with E-state index in [2.05, 4.69) is 4.72 Å². The SMILES string of the molecule is COC(=O)C1=C(C(=O)OC)N(c2cccc(S(=O)(=O)Nc3ccc(OC)cc3)c2)COC1. The van der Waals surface area contributed by atoms with Crippen molar-refractivity contribution in [1.29, 1.82) is 0 Å². The summed E-state index contributed by atoms with van der Waals surface area (Å²) in [6.07, 6.45) is 0. The van der Waals surface area contributed by atoms with Crippen molar-refractivity contribution in [1.82, 2.24) is 0 Å². The summed E-state index contributed by atoms with van der Waals surface area (Å²) in [5.74, 6) is -0.943. The fourth-order valence-electron chi connectivity index (χ4n) is 3.04. The van der Waals surface area contributed by atoms with Gasteiger partial charge in [-0.15, -0.1) is 0 Å². The van der Waals surface area contributed by atoms with Crippen molar-refractivity contribution < 1.29 is 37.0 Å². The van der Waals surface area contributed by atoms with Crippen LogP contribution in [0.15, 0.2) is 64.7 Å². The molecule has 0 atom stereocenters. The van der Waals surface area contributed by atoms with Gasteiger partial charge in [-0.2, -0.15) is 0 Å². The van der Waals surface area contributed by atoms with Crippen molar-refractivity contribution >= 4 is 33.3 Å². The molecule has 3 rings (SSSR count). The standard InChI is InChI=1S/C21H22N2O8S/c1-28-16-9-7-14(8-10-16)22-32(26,27)17-6-4-5-15(11-17)23-13-31-12-18(20(24)29-2)19(23)21(25)30-3/h4-11,22H,12-13H2,1-3H3. The minimum absolute atomic E-state index is 0.0322. The monoisotopic (exact) mass is 462 g/mol. The minimum Gasteiger partial charge on any atom is -0.497 e. The molecule has 0 unspecified atom stereocenters. The lowest BCUT2D eigenvalue weighted by atomic mass is 10.1. The van der Waals surface area contributed by atoms with Gasteiger partial charge in [-0.1, -0.05) is 6.07 Å².